The van der Waals surface area contributed by atoms with Crippen molar-refractivity contribution < 1.29 is 14.3 Å². The van der Waals surface area contributed by atoms with Gasteiger partial charge in [0.15, 0.2) is 0 Å². The van der Waals surface area contributed by atoms with Crippen molar-refractivity contribution in [2.24, 2.45) is 0 Å². The van der Waals surface area contributed by atoms with Crippen LogP contribution in [0.5, 0.6) is 0 Å². The van der Waals surface area contributed by atoms with E-state index in [1.54, 1.807) is 12.1 Å². The van der Waals surface area contributed by atoms with Crippen LogP contribution in [0.15, 0.2) is 42.5 Å². The van der Waals surface area contributed by atoms with Crippen LogP contribution >= 0.6 is 0 Å². The Kier molecular flexibility index (Phi) is 2.45. The molecule has 0 amide bonds. The zero-order chi connectivity index (χ0) is 12.5. The van der Waals surface area contributed by atoms with E-state index < -0.39 is 0 Å². The second-order valence-corrected chi connectivity index (χ2v) is 4.19. The van der Waals surface area contributed by atoms with E-state index in [1.807, 2.05) is 30.3 Å². The maximum atomic E-state index is 11.3. The molecule has 0 N–H and O–H groups in total. The molecule has 0 spiro atoms. The van der Waals surface area contributed by atoms with Gasteiger partial charge in [-0.3, -0.25) is 4.79 Å². The van der Waals surface area contributed by atoms with E-state index in [-0.39, 0.29) is 5.97 Å². The molecule has 0 aliphatic carbocycles. The SMILES string of the molecule is O=Cc1cccc(-c2ccc3c(c2)COC3=O)c1. The Morgan fingerprint density at radius 3 is 2.72 bits per heavy atom. The van der Waals surface area contributed by atoms with Crippen LogP contribution in [-0.4, -0.2) is 12.3 Å². The van der Waals surface area contributed by atoms with Gasteiger partial charge in [0.2, 0.25) is 0 Å². The highest BCUT2D eigenvalue weighted by atomic mass is 16.5. The summed E-state index contributed by atoms with van der Waals surface area (Å²) in [7, 11) is 0. The fourth-order valence-corrected chi connectivity index (χ4v) is 2.10. The average molecular weight is 238 g/mol. The zero-order valence-electron chi connectivity index (χ0n) is 9.55. The quantitative estimate of drug-likeness (QED) is 0.597. The first kappa shape index (κ1) is 10.7. The van der Waals surface area contributed by atoms with Gasteiger partial charge in [0.25, 0.3) is 0 Å². The highest BCUT2D eigenvalue weighted by Crippen LogP contribution is 2.27. The van der Waals surface area contributed by atoms with Crippen molar-refractivity contribution in [3.05, 3.63) is 59.2 Å². The molecule has 1 aliphatic rings. The van der Waals surface area contributed by atoms with Gasteiger partial charge in [0.1, 0.15) is 12.9 Å². The number of aldehydes is 1. The van der Waals surface area contributed by atoms with E-state index in [0.717, 1.165) is 23.0 Å². The second kappa shape index (κ2) is 4.11. The van der Waals surface area contributed by atoms with Gasteiger partial charge in [-0.15, -0.1) is 0 Å². The molecule has 0 radical (unpaired) electrons. The fraction of sp³-hybridized carbons (Fsp3) is 0.0667. The van der Waals surface area contributed by atoms with Gasteiger partial charge in [-0.05, 0) is 29.3 Å². The van der Waals surface area contributed by atoms with E-state index in [2.05, 4.69) is 0 Å². The molecular formula is C15H10O3. The molecule has 18 heavy (non-hydrogen) atoms. The maximum absolute atomic E-state index is 11.3. The molecule has 0 unspecified atom stereocenters. The maximum Gasteiger partial charge on any atom is 0.338 e. The van der Waals surface area contributed by atoms with Gasteiger partial charge in [0.05, 0.1) is 5.56 Å². The minimum Gasteiger partial charge on any atom is -0.457 e. The van der Waals surface area contributed by atoms with Crippen LogP contribution in [0.25, 0.3) is 11.1 Å². The Morgan fingerprint density at radius 2 is 1.89 bits per heavy atom. The van der Waals surface area contributed by atoms with Crippen LogP contribution in [0.3, 0.4) is 0 Å². The Bertz CT molecular complexity index is 644. The minimum absolute atomic E-state index is 0.266. The lowest BCUT2D eigenvalue weighted by atomic mass is 9.99. The third kappa shape index (κ3) is 1.70. The Hall–Kier alpha value is -2.42. The Balaban J connectivity index is 2.07. The van der Waals surface area contributed by atoms with E-state index in [1.165, 1.54) is 0 Å². The minimum atomic E-state index is -0.266. The summed E-state index contributed by atoms with van der Waals surface area (Å²) in [4.78, 5) is 22.1. The van der Waals surface area contributed by atoms with Crippen molar-refractivity contribution in [3.8, 4) is 11.1 Å². The summed E-state index contributed by atoms with van der Waals surface area (Å²) in [5.74, 6) is -0.266. The predicted molar refractivity (Wildman–Crippen MR) is 66.4 cm³/mol. The summed E-state index contributed by atoms with van der Waals surface area (Å²) in [6.07, 6.45) is 0.823. The summed E-state index contributed by atoms with van der Waals surface area (Å²) in [5, 5.41) is 0. The topological polar surface area (TPSA) is 43.4 Å². The molecular weight excluding hydrogens is 228 g/mol. The van der Waals surface area contributed by atoms with E-state index in [9.17, 15) is 9.59 Å². The van der Waals surface area contributed by atoms with E-state index in [0.29, 0.717) is 17.7 Å². The molecule has 0 saturated carbocycles. The van der Waals surface area contributed by atoms with Crippen LogP contribution in [-0.2, 0) is 11.3 Å². The molecule has 0 aromatic heterocycles. The van der Waals surface area contributed by atoms with Crippen molar-refractivity contribution in [1.29, 1.82) is 0 Å². The number of carbonyl (C=O) groups is 2. The van der Waals surface area contributed by atoms with Gasteiger partial charge in [0, 0.05) is 11.1 Å². The molecule has 0 bridgehead atoms. The zero-order valence-corrected chi connectivity index (χ0v) is 9.55. The summed E-state index contributed by atoms with van der Waals surface area (Å²) < 4.78 is 4.96. The Labute approximate surface area is 104 Å². The first-order chi connectivity index (χ1) is 8.78. The lowest BCUT2D eigenvalue weighted by molar-refractivity contribution is 0.0535. The highest BCUT2D eigenvalue weighted by Gasteiger charge is 2.20. The molecule has 2 aromatic rings. The van der Waals surface area contributed by atoms with Gasteiger partial charge in [-0.1, -0.05) is 24.3 Å². The fourth-order valence-electron chi connectivity index (χ4n) is 2.10. The predicted octanol–water partition coefficient (Wildman–Crippen LogP) is 2.84. The number of carbonyl (C=O) groups excluding carboxylic acids is 2. The standard InChI is InChI=1S/C15H10O3/c16-8-10-2-1-3-11(6-10)12-4-5-14-13(7-12)9-18-15(14)17/h1-8H,9H2. The number of esters is 1. The van der Waals surface area contributed by atoms with Crippen LogP contribution in [0.2, 0.25) is 0 Å². The lowest BCUT2D eigenvalue weighted by Crippen LogP contribution is -1.93. The summed E-state index contributed by atoms with van der Waals surface area (Å²) >= 11 is 0. The van der Waals surface area contributed by atoms with Gasteiger partial charge < -0.3 is 4.74 Å². The van der Waals surface area contributed by atoms with Gasteiger partial charge in [-0.2, -0.15) is 0 Å². The molecule has 88 valence electrons. The van der Waals surface area contributed by atoms with Crippen molar-refractivity contribution in [3.63, 3.8) is 0 Å². The summed E-state index contributed by atoms with van der Waals surface area (Å²) in [6, 6.07) is 12.9. The molecule has 0 fully saturated rings. The monoisotopic (exact) mass is 238 g/mol. The molecule has 3 nitrogen and oxygen atoms in total. The molecule has 1 aliphatic heterocycles. The van der Waals surface area contributed by atoms with Crippen LogP contribution in [0.4, 0.5) is 0 Å². The molecule has 3 rings (SSSR count). The molecule has 0 saturated heterocycles. The normalized spacial score (nSPS) is 13.0. The molecule has 3 heteroatoms. The van der Waals surface area contributed by atoms with Crippen molar-refractivity contribution in [1.82, 2.24) is 0 Å². The van der Waals surface area contributed by atoms with Gasteiger partial charge >= 0.3 is 5.97 Å². The smallest absolute Gasteiger partial charge is 0.338 e. The number of hydrogen-bond donors (Lipinski definition) is 0. The summed E-state index contributed by atoms with van der Waals surface area (Å²) in [6.45, 7) is 0.329. The summed E-state index contributed by atoms with van der Waals surface area (Å²) in [5.41, 5.74) is 4.11. The Morgan fingerprint density at radius 1 is 1.06 bits per heavy atom. The average Bonchev–Trinajstić information content (AvgIpc) is 2.80. The molecule has 1 heterocycles. The number of cyclic esters (lactones) is 1. The largest absolute Gasteiger partial charge is 0.457 e. The number of rotatable bonds is 2. The number of fused-ring (bicyclic) bond motifs is 1. The highest BCUT2D eigenvalue weighted by molar-refractivity contribution is 5.94. The van der Waals surface area contributed by atoms with Crippen LogP contribution in [0.1, 0.15) is 26.3 Å². The second-order valence-electron chi connectivity index (χ2n) is 4.19. The first-order valence-electron chi connectivity index (χ1n) is 5.63. The third-order valence-electron chi connectivity index (χ3n) is 3.04. The number of benzene rings is 2. The van der Waals surface area contributed by atoms with Crippen molar-refractivity contribution in [2.75, 3.05) is 0 Å². The first-order valence-corrected chi connectivity index (χ1v) is 5.63. The lowest BCUT2D eigenvalue weighted by Gasteiger charge is -2.04. The number of hydrogen-bond acceptors (Lipinski definition) is 3. The van der Waals surface area contributed by atoms with Crippen LogP contribution < -0.4 is 0 Å². The van der Waals surface area contributed by atoms with E-state index >= 15 is 0 Å². The molecule has 0 atom stereocenters. The van der Waals surface area contributed by atoms with Crippen LogP contribution in [0, 0.1) is 0 Å². The van der Waals surface area contributed by atoms with Gasteiger partial charge in [-0.25, -0.2) is 4.79 Å². The van der Waals surface area contributed by atoms with Crippen molar-refractivity contribution in [2.45, 2.75) is 6.61 Å². The van der Waals surface area contributed by atoms with Crippen molar-refractivity contribution >= 4 is 12.3 Å². The third-order valence-corrected chi connectivity index (χ3v) is 3.04. The number of ether oxygens (including phenoxy) is 1. The van der Waals surface area contributed by atoms with E-state index in [4.69, 9.17) is 4.74 Å². The molecule has 2 aromatic carbocycles.